The molecule has 2 atom stereocenters. The molecular formula is C16H24N2O3S. The Balaban J connectivity index is 2.28. The molecule has 0 bridgehead atoms. The first-order valence-electron chi connectivity index (χ1n) is 7.79. The second kappa shape index (κ2) is 7.13. The Labute approximate surface area is 132 Å². The highest BCUT2D eigenvalue weighted by Crippen LogP contribution is 2.30. The molecule has 1 aliphatic rings. The van der Waals surface area contributed by atoms with E-state index < -0.39 is 9.84 Å². The summed E-state index contributed by atoms with van der Waals surface area (Å²) in [7, 11) is -1.64. The molecule has 1 aromatic carbocycles. The fourth-order valence-electron chi connectivity index (χ4n) is 3.02. The maximum Gasteiger partial charge on any atom is 0.224 e. The number of rotatable bonds is 5. The number of benzene rings is 1. The van der Waals surface area contributed by atoms with Gasteiger partial charge in [0.05, 0.1) is 22.3 Å². The molecule has 1 aromatic rings. The molecule has 2 rings (SSSR count). The first kappa shape index (κ1) is 16.8. The van der Waals surface area contributed by atoms with Gasteiger partial charge in [-0.05, 0) is 25.0 Å². The van der Waals surface area contributed by atoms with Gasteiger partial charge >= 0.3 is 0 Å². The lowest BCUT2D eigenvalue weighted by Crippen LogP contribution is -2.42. The van der Waals surface area contributed by atoms with Crippen LogP contribution in [-0.2, 0) is 14.6 Å². The van der Waals surface area contributed by atoms with Crippen molar-refractivity contribution < 1.29 is 13.2 Å². The van der Waals surface area contributed by atoms with E-state index in [0.29, 0.717) is 10.6 Å². The van der Waals surface area contributed by atoms with Crippen LogP contribution < -0.4 is 10.6 Å². The van der Waals surface area contributed by atoms with E-state index in [9.17, 15) is 13.2 Å². The highest BCUT2D eigenvalue weighted by Gasteiger charge is 2.31. The van der Waals surface area contributed by atoms with Gasteiger partial charge in [0.15, 0.2) is 9.84 Å². The second-order valence-electron chi connectivity index (χ2n) is 5.66. The van der Waals surface area contributed by atoms with E-state index in [1.807, 2.05) is 6.07 Å². The number of carbonyl (C=O) groups is 1. The van der Waals surface area contributed by atoms with E-state index in [1.54, 1.807) is 32.2 Å². The van der Waals surface area contributed by atoms with E-state index in [2.05, 4.69) is 10.6 Å². The molecule has 1 aliphatic carbocycles. The fourth-order valence-corrected chi connectivity index (χ4v) is 4.07. The third-order valence-electron chi connectivity index (χ3n) is 4.29. The van der Waals surface area contributed by atoms with Gasteiger partial charge in [0.25, 0.3) is 0 Å². The Morgan fingerprint density at radius 3 is 2.59 bits per heavy atom. The molecule has 6 heteroatoms. The molecule has 22 heavy (non-hydrogen) atoms. The van der Waals surface area contributed by atoms with Crippen LogP contribution in [-0.4, -0.2) is 33.2 Å². The standard InChI is InChI=1S/C16H24N2O3S/c1-3-22(20,21)15-11-7-6-10-14(15)18-13-9-5-4-8-12(13)16(19)17-2/h6-7,10-13,18H,3-5,8-9H2,1-2H3,(H,17,19). The molecule has 0 aliphatic heterocycles. The number of amides is 1. The normalized spacial score (nSPS) is 22.1. The van der Waals surface area contributed by atoms with Crippen LogP contribution in [0.5, 0.6) is 0 Å². The second-order valence-corrected chi connectivity index (χ2v) is 7.90. The molecule has 1 fully saturated rings. The molecule has 1 saturated carbocycles. The number of para-hydroxylation sites is 1. The quantitative estimate of drug-likeness (QED) is 0.870. The number of hydrogen-bond acceptors (Lipinski definition) is 4. The number of sulfone groups is 1. The Morgan fingerprint density at radius 2 is 1.91 bits per heavy atom. The Bertz CT molecular complexity index is 628. The van der Waals surface area contributed by atoms with Gasteiger partial charge in [-0.25, -0.2) is 8.42 Å². The van der Waals surface area contributed by atoms with Crippen molar-refractivity contribution in [1.82, 2.24) is 5.32 Å². The number of anilines is 1. The van der Waals surface area contributed by atoms with Gasteiger partial charge in [-0.2, -0.15) is 0 Å². The summed E-state index contributed by atoms with van der Waals surface area (Å²) < 4.78 is 24.4. The summed E-state index contributed by atoms with van der Waals surface area (Å²) in [5.41, 5.74) is 0.602. The van der Waals surface area contributed by atoms with Gasteiger partial charge in [-0.15, -0.1) is 0 Å². The summed E-state index contributed by atoms with van der Waals surface area (Å²) in [6.07, 6.45) is 3.79. The Morgan fingerprint density at radius 1 is 1.23 bits per heavy atom. The van der Waals surface area contributed by atoms with Crippen LogP contribution in [0, 0.1) is 5.92 Å². The average Bonchev–Trinajstić information content (AvgIpc) is 2.55. The van der Waals surface area contributed by atoms with Crippen LogP contribution in [0.1, 0.15) is 32.6 Å². The molecule has 2 N–H and O–H groups in total. The topological polar surface area (TPSA) is 75.3 Å². The van der Waals surface area contributed by atoms with Gasteiger partial charge in [0.1, 0.15) is 0 Å². The van der Waals surface area contributed by atoms with Crippen molar-refractivity contribution in [3.63, 3.8) is 0 Å². The van der Waals surface area contributed by atoms with Crippen molar-refractivity contribution in [2.24, 2.45) is 5.92 Å². The van der Waals surface area contributed by atoms with Crippen LogP contribution in [0.2, 0.25) is 0 Å². The minimum Gasteiger partial charge on any atom is -0.380 e. The minimum atomic E-state index is -3.29. The molecule has 5 nitrogen and oxygen atoms in total. The third kappa shape index (κ3) is 3.61. The fraction of sp³-hybridized carbons (Fsp3) is 0.562. The van der Waals surface area contributed by atoms with Crippen molar-refractivity contribution in [3.8, 4) is 0 Å². The molecule has 0 saturated heterocycles. The van der Waals surface area contributed by atoms with Gasteiger partial charge in [-0.1, -0.05) is 31.9 Å². The summed E-state index contributed by atoms with van der Waals surface area (Å²) in [6.45, 7) is 1.64. The molecule has 0 aromatic heterocycles. The van der Waals surface area contributed by atoms with Crippen molar-refractivity contribution in [2.75, 3.05) is 18.1 Å². The van der Waals surface area contributed by atoms with Crippen molar-refractivity contribution in [1.29, 1.82) is 0 Å². The Kier molecular flexibility index (Phi) is 5.45. The zero-order chi connectivity index (χ0) is 16.2. The number of hydrogen-bond donors (Lipinski definition) is 2. The number of nitrogens with one attached hydrogen (secondary N) is 2. The summed E-state index contributed by atoms with van der Waals surface area (Å²) in [5.74, 6) is -0.0286. The van der Waals surface area contributed by atoms with E-state index >= 15 is 0 Å². The van der Waals surface area contributed by atoms with Gasteiger partial charge in [-0.3, -0.25) is 4.79 Å². The van der Waals surface area contributed by atoms with Crippen molar-refractivity contribution in [2.45, 2.75) is 43.5 Å². The zero-order valence-electron chi connectivity index (χ0n) is 13.1. The molecular weight excluding hydrogens is 300 g/mol. The molecule has 2 unspecified atom stereocenters. The van der Waals surface area contributed by atoms with Crippen LogP contribution in [0.4, 0.5) is 5.69 Å². The monoisotopic (exact) mass is 324 g/mol. The van der Waals surface area contributed by atoms with Crippen molar-refractivity contribution >= 4 is 21.4 Å². The van der Waals surface area contributed by atoms with Gasteiger partial charge < -0.3 is 10.6 Å². The lowest BCUT2D eigenvalue weighted by atomic mass is 9.83. The summed E-state index contributed by atoms with van der Waals surface area (Å²) >= 11 is 0. The van der Waals surface area contributed by atoms with E-state index in [-0.39, 0.29) is 23.6 Å². The molecule has 0 radical (unpaired) electrons. The SMILES string of the molecule is CCS(=O)(=O)c1ccccc1NC1CCCCC1C(=O)NC. The smallest absolute Gasteiger partial charge is 0.224 e. The van der Waals surface area contributed by atoms with Gasteiger partial charge in [0, 0.05) is 13.1 Å². The maximum absolute atomic E-state index is 12.2. The highest BCUT2D eigenvalue weighted by molar-refractivity contribution is 7.91. The van der Waals surface area contributed by atoms with Crippen LogP contribution >= 0.6 is 0 Å². The third-order valence-corrected chi connectivity index (χ3v) is 6.08. The lowest BCUT2D eigenvalue weighted by Gasteiger charge is -2.32. The van der Waals surface area contributed by atoms with E-state index in [1.165, 1.54) is 0 Å². The predicted molar refractivity (Wildman–Crippen MR) is 87.6 cm³/mol. The first-order valence-corrected chi connectivity index (χ1v) is 9.44. The van der Waals surface area contributed by atoms with Crippen LogP contribution in [0.3, 0.4) is 0 Å². The molecule has 0 spiro atoms. The summed E-state index contributed by atoms with van der Waals surface area (Å²) in [4.78, 5) is 12.4. The maximum atomic E-state index is 12.2. The van der Waals surface area contributed by atoms with E-state index in [0.717, 1.165) is 25.7 Å². The highest BCUT2D eigenvalue weighted by atomic mass is 32.2. The minimum absolute atomic E-state index is 0.0213. The van der Waals surface area contributed by atoms with Crippen LogP contribution in [0.25, 0.3) is 0 Å². The van der Waals surface area contributed by atoms with Gasteiger partial charge in [0.2, 0.25) is 5.91 Å². The molecule has 122 valence electrons. The summed E-state index contributed by atoms with van der Waals surface area (Å²) in [6, 6.07) is 6.91. The van der Waals surface area contributed by atoms with Crippen molar-refractivity contribution in [3.05, 3.63) is 24.3 Å². The van der Waals surface area contributed by atoms with Crippen LogP contribution in [0.15, 0.2) is 29.2 Å². The van der Waals surface area contributed by atoms with E-state index in [4.69, 9.17) is 0 Å². The Hall–Kier alpha value is -1.56. The average molecular weight is 324 g/mol. The zero-order valence-corrected chi connectivity index (χ0v) is 13.9. The molecule has 1 amide bonds. The lowest BCUT2D eigenvalue weighted by molar-refractivity contribution is -0.125. The summed E-state index contributed by atoms with van der Waals surface area (Å²) in [5, 5.41) is 6.02. The molecule has 0 heterocycles. The largest absolute Gasteiger partial charge is 0.380 e. The first-order chi connectivity index (χ1) is 10.5. The number of carbonyl (C=O) groups excluding carboxylic acids is 1. The predicted octanol–water partition coefficient (Wildman–Crippen LogP) is 2.20.